The van der Waals surface area contributed by atoms with Crippen molar-refractivity contribution in [1.29, 1.82) is 0 Å². The number of hydrogen-bond donors (Lipinski definition) is 1. The first-order valence-corrected chi connectivity index (χ1v) is 6.70. The minimum absolute atomic E-state index is 0.515. The average molecular weight is 237 g/mol. The Balaban J connectivity index is 1.95. The highest BCUT2D eigenvalue weighted by molar-refractivity contribution is 5.35. The van der Waals surface area contributed by atoms with E-state index in [0.29, 0.717) is 11.8 Å². The Hall–Kier alpha value is -1.60. The molecule has 0 amide bonds. The van der Waals surface area contributed by atoms with E-state index in [2.05, 4.69) is 60.7 Å². The number of hydrogen-bond acceptors (Lipinski definition) is 1. The molecule has 2 unspecified atom stereocenters. The summed E-state index contributed by atoms with van der Waals surface area (Å²) in [6, 6.07) is 21.6. The highest BCUT2D eigenvalue weighted by atomic mass is 14.6. The van der Waals surface area contributed by atoms with Crippen molar-refractivity contribution in [1.82, 2.24) is 0 Å². The molecule has 0 heterocycles. The zero-order valence-corrected chi connectivity index (χ0v) is 10.5. The molecule has 0 aliphatic heterocycles. The van der Waals surface area contributed by atoms with Crippen molar-refractivity contribution in [2.45, 2.75) is 12.3 Å². The van der Waals surface area contributed by atoms with Gasteiger partial charge in [-0.2, -0.15) is 0 Å². The van der Waals surface area contributed by atoms with Gasteiger partial charge in [0.05, 0.1) is 0 Å². The molecular formula is C17H19N. The zero-order chi connectivity index (χ0) is 12.4. The van der Waals surface area contributed by atoms with Gasteiger partial charge in [0.25, 0.3) is 0 Å². The lowest BCUT2D eigenvalue weighted by Gasteiger charge is -2.18. The molecule has 2 N–H and O–H groups in total. The summed E-state index contributed by atoms with van der Waals surface area (Å²) in [6.45, 7) is 0.820. The van der Waals surface area contributed by atoms with Crippen molar-refractivity contribution in [2.75, 3.05) is 6.54 Å². The zero-order valence-electron chi connectivity index (χ0n) is 10.5. The second-order valence-electron chi connectivity index (χ2n) is 5.19. The van der Waals surface area contributed by atoms with Crippen molar-refractivity contribution in [3.05, 3.63) is 71.8 Å². The fourth-order valence-corrected chi connectivity index (χ4v) is 2.96. The van der Waals surface area contributed by atoms with Gasteiger partial charge in [-0.15, -0.1) is 0 Å². The van der Waals surface area contributed by atoms with Crippen molar-refractivity contribution in [2.24, 2.45) is 17.6 Å². The van der Waals surface area contributed by atoms with E-state index in [-0.39, 0.29) is 0 Å². The summed E-state index contributed by atoms with van der Waals surface area (Å²) in [5.41, 5.74) is 8.66. The van der Waals surface area contributed by atoms with Crippen molar-refractivity contribution in [3.63, 3.8) is 0 Å². The van der Waals surface area contributed by atoms with Crippen molar-refractivity contribution >= 4 is 0 Å². The quantitative estimate of drug-likeness (QED) is 0.866. The van der Waals surface area contributed by atoms with Crippen LogP contribution in [-0.4, -0.2) is 6.54 Å². The first-order valence-electron chi connectivity index (χ1n) is 6.70. The van der Waals surface area contributed by atoms with Crippen molar-refractivity contribution in [3.8, 4) is 0 Å². The predicted octanol–water partition coefficient (Wildman–Crippen LogP) is 3.41. The van der Waals surface area contributed by atoms with Crippen LogP contribution in [-0.2, 0) is 0 Å². The maximum atomic E-state index is 5.82. The fraction of sp³-hybridized carbons (Fsp3) is 0.294. The van der Waals surface area contributed by atoms with Gasteiger partial charge in [-0.3, -0.25) is 0 Å². The molecule has 1 heteroatoms. The molecule has 3 rings (SSSR count). The first kappa shape index (κ1) is 11.5. The molecular weight excluding hydrogens is 218 g/mol. The van der Waals surface area contributed by atoms with E-state index in [1.807, 2.05) is 0 Å². The highest BCUT2D eigenvalue weighted by Gasteiger charge is 2.42. The molecule has 1 aliphatic rings. The summed E-state index contributed by atoms with van der Waals surface area (Å²) >= 11 is 0. The minimum atomic E-state index is 0.515. The molecule has 0 bridgehead atoms. The lowest BCUT2D eigenvalue weighted by molar-refractivity contribution is 0.630. The molecule has 1 aliphatic carbocycles. The summed E-state index contributed by atoms with van der Waals surface area (Å²) < 4.78 is 0. The Labute approximate surface area is 109 Å². The molecule has 0 spiro atoms. The number of rotatable bonds is 4. The summed E-state index contributed by atoms with van der Waals surface area (Å²) in [7, 11) is 0. The molecule has 1 fully saturated rings. The third-order valence-electron chi connectivity index (χ3n) is 4.03. The first-order chi connectivity index (χ1) is 8.90. The second-order valence-corrected chi connectivity index (χ2v) is 5.19. The number of benzene rings is 2. The normalized spacial score (nSPS) is 22.1. The molecule has 2 aromatic rings. The van der Waals surface area contributed by atoms with Gasteiger partial charge in [-0.05, 0) is 35.9 Å². The minimum Gasteiger partial charge on any atom is -0.330 e. The third kappa shape index (κ3) is 2.19. The Bertz CT molecular complexity index is 452. The monoisotopic (exact) mass is 237 g/mol. The topological polar surface area (TPSA) is 26.0 Å². The predicted molar refractivity (Wildman–Crippen MR) is 75.4 cm³/mol. The van der Waals surface area contributed by atoms with Crippen LogP contribution in [0.2, 0.25) is 0 Å². The smallest absolute Gasteiger partial charge is 0.0121 e. The van der Waals surface area contributed by atoms with Gasteiger partial charge >= 0.3 is 0 Å². The van der Waals surface area contributed by atoms with Gasteiger partial charge in [0, 0.05) is 5.92 Å². The van der Waals surface area contributed by atoms with Crippen LogP contribution >= 0.6 is 0 Å². The molecule has 0 aromatic heterocycles. The SMILES string of the molecule is NCC1CC1C(c1ccccc1)c1ccccc1. The van der Waals surface area contributed by atoms with E-state index >= 15 is 0 Å². The van der Waals surface area contributed by atoms with Gasteiger partial charge in [0.2, 0.25) is 0 Å². The van der Waals surface area contributed by atoms with Crippen LogP contribution in [0.3, 0.4) is 0 Å². The van der Waals surface area contributed by atoms with Crippen molar-refractivity contribution < 1.29 is 0 Å². The van der Waals surface area contributed by atoms with Gasteiger partial charge < -0.3 is 5.73 Å². The van der Waals surface area contributed by atoms with Crippen LogP contribution < -0.4 is 5.73 Å². The molecule has 0 radical (unpaired) electrons. The average Bonchev–Trinajstić information content (AvgIpc) is 3.21. The summed E-state index contributed by atoms with van der Waals surface area (Å²) in [6.07, 6.45) is 1.27. The Morgan fingerprint density at radius 2 is 1.39 bits per heavy atom. The molecule has 2 aromatic carbocycles. The molecule has 0 saturated heterocycles. The van der Waals surface area contributed by atoms with Crippen LogP contribution in [0.15, 0.2) is 60.7 Å². The van der Waals surface area contributed by atoms with Crippen LogP contribution in [0.5, 0.6) is 0 Å². The van der Waals surface area contributed by atoms with E-state index in [0.717, 1.165) is 12.5 Å². The van der Waals surface area contributed by atoms with E-state index in [4.69, 9.17) is 5.73 Å². The number of nitrogens with two attached hydrogens (primary N) is 1. The van der Waals surface area contributed by atoms with E-state index in [1.165, 1.54) is 17.5 Å². The lowest BCUT2D eigenvalue weighted by atomic mass is 9.86. The maximum absolute atomic E-state index is 5.82. The van der Waals surface area contributed by atoms with Crippen LogP contribution in [0.25, 0.3) is 0 Å². The summed E-state index contributed by atoms with van der Waals surface area (Å²) in [4.78, 5) is 0. The largest absolute Gasteiger partial charge is 0.330 e. The molecule has 1 saturated carbocycles. The molecule has 1 nitrogen and oxygen atoms in total. The van der Waals surface area contributed by atoms with E-state index in [1.54, 1.807) is 0 Å². The lowest BCUT2D eigenvalue weighted by Crippen LogP contribution is -2.09. The standard InChI is InChI=1S/C17H19N/c18-12-15-11-16(15)17(13-7-3-1-4-8-13)14-9-5-2-6-10-14/h1-10,15-17H,11-12,18H2. The van der Waals surface area contributed by atoms with Gasteiger partial charge in [0.15, 0.2) is 0 Å². The maximum Gasteiger partial charge on any atom is 0.0121 e. The van der Waals surface area contributed by atoms with E-state index in [9.17, 15) is 0 Å². The van der Waals surface area contributed by atoms with Gasteiger partial charge in [-0.25, -0.2) is 0 Å². The van der Waals surface area contributed by atoms with Crippen LogP contribution in [0, 0.1) is 11.8 Å². The molecule has 2 atom stereocenters. The summed E-state index contributed by atoms with van der Waals surface area (Å²) in [5, 5.41) is 0. The Morgan fingerprint density at radius 1 is 0.889 bits per heavy atom. The summed E-state index contributed by atoms with van der Waals surface area (Å²) in [5.74, 6) is 1.94. The Kier molecular flexibility index (Phi) is 3.16. The highest BCUT2D eigenvalue weighted by Crippen LogP contribution is 2.50. The van der Waals surface area contributed by atoms with E-state index < -0.39 is 0 Å². The third-order valence-corrected chi connectivity index (χ3v) is 4.03. The van der Waals surface area contributed by atoms with Gasteiger partial charge in [0.1, 0.15) is 0 Å². The second kappa shape index (κ2) is 4.95. The molecule has 18 heavy (non-hydrogen) atoms. The molecule has 92 valence electrons. The fourth-order valence-electron chi connectivity index (χ4n) is 2.96. The van der Waals surface area contributed by atoms with Crippen LogP contribution in [0.4, 0.5) is 0 Å². The van der Waals surface area contributed by atoms with Gasteiger partial charge in [-0.1, -0.05) is 60.7 Å². The Morgan fingerprint density at radius 3 is 1.78 bits per heavy atom. The van der Waals surface area contributed by atoms with Crippen LogP contribution in [0.1, 0.15) is 23.5 Å².